The molecule has 4 nitrogen and oxygen atoms in total. The molecule has 0 aromatic carbocycles. The van der Waals surface area contributed by atoms with E-state index in [4.69, 9.17) is 0 Å². The molecule has 1 aromatic heterocycles. The van der Waals surface area contributed by atoms with Crippen molar-refractivity contribution in [2.75, 3.05) is 18.9 Å². The molecular weight excluding hydrogens is 243 g/mol. The normalized spacial score (nSPS) is 11.2. The fourth-order valence-electron chi connectivity index (χ4n) is 0.941. The summed E-state index contributed by atoms with van der Waals surface area (Å²) in [7, 11) is 1.70. The summed E-state index contributed by atoms with van der Waals surface area (Å²) in [5.74, 6) is -1.92. The number of hydrogen-bond acceptors (Lipinski definition) is 4. The highest BCUT2D eigenvalue weighted by Crippen LogP contribution is 2.15. The second-order valence-electron chi connectivity index (χ2n) is 2.90. The predicted molar refractivity (Wildman–Crippen MR) is 54.4 cm³/mol. The summed E-state index contributed by atoms with van der Waals surface area (Å²) in [5, 5.41) is 7.01. The maximum Gasteiger partial charge on any atom is 0.471 e. The Kier molecular flexibility index (Phi) is 4.11. The van der Waals surface area contributed by atoms with E-state index in [0.29, 0.717) is 10.8 Å². The lowest BCUT2D eigenvalue weighted by Gasteiger charge is -2.06. The Hall–Kier alpha value is -1.31. The van der Waals surface area contributed by atoms with Crippen molar-refractivity contribution in [3.63, 3.8) is 0 Å². The molecule has 0 saturated heterocycles. The molecule has 0 aliphatic rings. The predicted octanol–water partition coefficient (Wildman–Crippen LogP) is 1.41. The average molecular weight is 253 g/mol. The van der Waals surface area contributed by atoms with Gasteiger partial charge in [-0.3, -0.25) is 4.79 Å². The van der Waals surface area contributed by atoms with Gasteiger partial charge in [0.15, 0.2) is 5.13 Å². The van der Waals surface area contributed by atoms with Crippen LogP contribution in [0, 0.1) is 0 Å². The number of alkyl halides is 3. The third-order valence-corrected chi connectivity index (χ3v) is 2.60. The molecule has 0 spiro atoms. The Morgan fingerprint density at radius 3 is 2.75 bits per heavy atom. The number of carbonyl (C=O) groups is 1. The lowest BCUT2D eigenvalue weighted by Crippen LogP contribution is -2.37. The van der Waals surface area contributed by atoms with Crippen molar-refractivity contribution in [2.45, 2.75) is 12.6 Å². The smallest absolute Gasteiger partial charge is 0.365 e. The van der Waals surface area contributed by atoms with Gasteiger partial charge in [-0.25, -0.2) is 4.98 Å². The Labute approximate surface area is 93.9 Å². The van der Waals surface area contributed by atoms with E-state index in [0.717, 1.165) is 0 Å². The number of hydrogen-bond donors (Lipinski definition) is 2. The number of anilines is 1. The summed E-state index contributed by atoms with van der Waals surface area (Å²) in [4.78, 5) is 14.5. The van der Waals surface area contributed by atoms with Gasteiger partial charge in [-0.05, 0) is 0 Å². The largest absolute Gasteiger partial charge is 0.471 e. The van der Waals surface area contributed by atoms with Crippen molar-refractivity contribution in [3.8, 4) is 0 Å². The molecule has 1 heterocycles. The van der Waals surface area contributed by atoms with Crippen LogP contribution in [0.1, 0.15) is 5.69 Å². The Morgan fingerprint density at radius 2 is 2.25 bits per heavy atom. The molecule has 0 saturated carbocycles. The third-order valence-electron chi connectivity index (χ3n) is 1.69. The van der Waals surface area contributed by atoms with Crippen molar-refractivity contribution >= 4 is 22.4 Å². The van der Waals surface area contributed by atoms with E-state index >= 15 is 0 Å². The number of rotatable bonds is 4. The highest BCUT2D eigenvalue weighted by Gasteiger charge is 2.38. The lowest BCUT2D eigenvalue weighted by molar-refractivity contribution is -0.173. The van der Waals surface area contributed by atoms with E-state index in [1.54, 1.807) is 17.7 Å². The maximum atomic E-state index is 11.8. The fraction of sp³-hybridized carbons (Fsp3) is 0.500. The van der Waals surface area contributed by atoms with E-state index < -0.39 is 12.1 Å². The molecule has 16 heavy (non-hydrogen) atoms. The van der Waals surface area contributed by atoms with Gasteiger partial charge in [-0.1, -0.05) is 0 Å². The molecule has 0 atom stereocenters. The molecule has 0 aliphatic heterocycles. The molecule has 0 fully saturated rings. The first kappa shape index (κ1) is 12.8. The number of halogens is 3. The standard InChI is InChI=1S/C8H10F3N3OS/c1-12-7-14-5(4-16-7)2-3-13-6(15)8(9,10)11/h4H,2-3H2,1H3,(H,12,14)(H,13,15). The van der Waals surface area contributed by atoms with Gasteiger partial charge in [-0.15, -0.1) is 11.3 Å². The van der Waals surface area contributed by atoms with Crippen LogP contribution < -0.4 is 10.6 Å². The van der Waals surface area contributed by atoms with Gasteiger partial charge in [0, 0.05) is 25.4 Å². The number of amides is 1. The van der Waals surface area contributed by atoms with Gasteiger partial charge in [0.25, 0.3) is 0 Å². The number of nitrogens with one attached hydrogen (secondary N) is 2. The van der Waals surface area contributed by atoms with E-state index in [1.807, 2.05) is 0 Å². The third kappa shape index (κ3) is 3.69. The first-order valence-corrected chi connectivity index (χ1v) is 5.28. The molecule has 90 valence electrons. The molecule has 1 aromatic rings. The van der Waals surface area contributed by atoms with Crippen molar-refractivity contribution in [3.05, 3.63) is 11.1 Å². The molecule has 0 bridgehead atoms. The van der Waals surface area contributed by atoms with Crippen molar-refractivity contribution in [1.82, 2.24) is 10.3 Å². The second-order valence-corrected chi connectivity index (χ2v) is 3.76. The molecule has 0 aliphatic carbocycles. The van der Waals surface area contributed by atoms with Crippen molar-refractivity contribution in [1.29, 1.82) is 0 Å². The van der Waals surface area contributed by atoms with Gasteiger partial charge < -0.3 is 10.6 Å². The van der Waals surface area contributed by atoms with Crippen LogP contribution in [-0.4, -0.2) is 30.7 Å². The van der Waals surface area contributed by atoms with Gasteiger partial charge in [0.1, 0.15) is 0 Å². The summed E-state index contributed by atoms with van der Waals surface area (Å²) in [6, 6.07) is 0. The molecule has 8 heteroatoms. The van der Waals surface area contributed by atoms with E-state index in [1.165, 1.54) is 11.3 Å². The molecule has 2 N–H and O–H groups in total. The quantitative estimate of drug-likeness (QED) is 0.853. The number of carbonyl (C=O) groups excluding carboxylic acids is 1. The molecule has 0 radical (unpaired) electrons. The van der Waals surface area contributed by atoms with Crippen LogP contribution in [0.15, 0.2) is 5.38 Å². The minimum absolute atomic E-state index is 0.0781. The van der Waals surface area contributed by atoms with E-state index in [2.05, 4.69) is 10.3 Å². The summed E-state index contributed by atoms with van der Waals surface area (Å²) >= 11 is 1.36. The van der Waals surface area contributed by atoms with Crippen LogP contribution in [0.2, 0.25) is 0 Å². The van der Waals surface area contributed by atoms with Crippen LogP contribution >= 0.6 is 11.3 Å². The molecule has 0 unspecified atom stereocenters. The van der Waals surface area contributed by atoms with Crippen molar-refractivity contribution in [2.24, 2.45) is 0 Å². The topological polar surface area (TPSA) is 54.0 Å². The van der Waals surface area contributed by atoms with Crippen LogP contribution in [-0.2, 0) is 11.2 Å². The summed E-state index contributed by atoms with van der Waals surface area (Å²) in [6.45, 7) is -0.0781. The monoisotopic (exact) mass is 253 g/mol. The number of thiazole rings is 1. The highest BCUT2D eigenvalue weighted by atomic mass is 32.1. The summed E-state index contributed by atoms with van der Waals surface area (Å²) in [6.07, 6.45) is -4.54. The maximum absolute atomic E-state index is 11.8. The van der Waals surface area contributed by atoms with Gasteiger partial charge >= 0.3 is 12.1 Å². The van der Waals surface area contributed by atoms with Gasteiger partial charge in [0.2, 0.25) is 0 Å². The first-order valence-electron chi connectivity index (χ1n) is 4.40. The first-order chi connectivity index (χ1) is 7.43. The zero-order chi connectivity index (χ0) is 12.2. The SMILES string of the molecule is CNc1nc(CCNC(=O)C(F)(F)F)cs1. The van der Waals surface area contributed by atoms with E-state index in [-0.39, 0.29) is 13.0 Å². The zero-order valence-electron chi connectivity index (χ0n) is 8.39. The van der Waals surface area contributed by atoms with Crippen molar-refractivity contribution < 1.29 is 18.0 Å². The van der Waals surface area contributed by atoms with Crippen LogP contribution in [0.4, 0.5) is 18.3 Å². The zero-order valence-corrected chi connectivity index (χ0v) is 9.21. The Bertz CT molecular complexity index is 364. The molecular formula is C8H10F3N3OS. The Balaban J connectivity index is 2.33. The Morgan fingerprint density at radius 1 is 1.56 bits per heavy atom. The minimum Gasteiger partial charge on any atom is -0.365 e. The van der Waals surface area contributed by atoms with E-state index in [9.17, 15) is 18.0 Å². The second kappa shape index (κ2) is 5.15. The van der Waals surface area contributed by atoms with Gasteiger partial charge in [0.05, 0.1) is 5.69 Å². The average Bonchev–Trinajstić information content (AvgIpc) is 2.64. The van der Waals surface area contributed by atoms with Gasteiger partial charge in [-0.2, -0.15) is 13.2 Å². The number of aromatic nitrogens is 1. The summed E-state index contributed by atoms with van der Waals surface area (Å²) < 4.78 is 35.4. The minimum atomic E-state index is -4.82. The lowest BCUT2D eigenvalue weighted by atomic mass is 10.3. The highest BCUT2D eigenvalue weighted by molar-refractivity contribution is 7.13. The molecule has 1 rings (SSSR count). The van der Waals surface area contributed by atoms with Crippen LogP contribution in [0.25, 0.3) is 0 Å². The van der Waals surface area contributed by atoms with Crippen LogP contribution in [0.3, 0.4) is 0 Å². The van der Waals surface area contributed by atoms with Crippen LogP contribution in [0.5, 0.6) is 0 Å². The number of nitrogens with zero attached hydrogens (tertiary/aromatic N) is 1. The molecule has 1 amide bonds. The fourth-order valence-corrected chi connectivity index (χ4v) is 1.65. The summed E-state index contributed by atoms with van der Waals surface area (Å²) in [5.41, 5.74) is 0.650.